The Bertz CT molecular complexity index is 408. The van der Waals surface area contributed by atoms with Crippen molar-refractivity contribution in [2.45, 2.75) is 56.3 Å². The molecule has 3 rings (SSSR count). The lowest BCUT2D eigenvalue weighted by Crippen LogP contribution is -2.50. The number of carbonyl (C=O) groups excluding carboxylic acids is 1. The average molecular weight is 318 g/mol. The third-order valence-corrected chi connectivity index (χ3v) is 5.11. The summed E-state index contributed by atoms with van der Waals surface area (Å²) in [7, 11) is 0. The minimum atomic E-state index is -2.56. The van der Waals surface area contributed by atoms with Crippen LogP contribution in [0.3, 0.4) is 0 Å². The molecule has 0 radical (unpaired) electrons. The monoisotopic (exact) mass is 318 g/mol. The fraction of sp³-hybridized carbons (Fsp3) is 0.933. The third kappa shape index (κ3) is 3.58. The highest BCUT2D eigenvalue weighted by molar-refractivity contribution is 5.79. The Hall–Kier alpha value is -0.790. The Balaban J connectivity index is 1.44. The Kier molecular flexibility index (Phi) is 4.66. The van der Waals surface area contributed by atoms with Gasteiger partial charge in [0.2, 0.25) is 5.91 Å². The topological polar surface area (TPSA) is 61.8 Å². The smallest absolute Gasteiger partial charge is 0.250 e. The van der Waals surface area contributed by atoms with Gasteiger partial charge >= 0.3 is 0 Å². The summed E-state index contributed by atoms with van der Waals surface area (Å²) in [6, 6.07) is -0.385. The summed E-state index contributed by atoms with van der Waals surface area (Å²) in [5.41, 5.74) is 0. The number of nitrogens with zero attached hydrogens (tertiary/aromatic N) is 1. The van der Waals surface area contributed by atoms with Crippen molar-refractivity contribution >= 4 is 5.91 Å². The first kappa shape index (κ1) is 16.1. The number of rotatable bonds is 4. The minimum Gasteiger partial charge on any atom is -0.388 e. The summed E-state index contributed by atoms with van der Waals surface area (Å²) in [5, 5.41) is 13.1. The van der Waals surface area contributed by atoms with E-state index in [0.717, 1.165) is 19.3 Å². The first-order valence-electron chi connectivity index (χ1n) is 8.15. The molecule has 3 unspecified atom stereocenters. The number of halogens is 2. The lowest BCUT2D eigenvalue weighted by atomic mass is 9.84. The predicted octanol–water partition coefficient (Wildman–Crippen LogP) is 0.762. The SMILES string of the molecule is O=C(NC1COC(CN2CCC(F)(F)CC2)C1O)C1CCC1. The molecule has 2 N–H and O–H groups in total. The van der Waals surface area contributed by atoms with Gasteiger partial charge in [-0.15, -0.1) is 0 Å². The van der Waals surface area contributed by atoms with Gasteiger partial charge in [0.05, 0.1) is 18.8 Å². The molecule has 3 fully saturated rings. The second-order valence-corrected chi connectivity index (χ2v) is 6.76. The van der Waals surface area contributed by atoms with E-state index in [1.54, 1.807) is 0 Å². The molecule has 1 amide bonds. The normalized spacial score (nSPS) is 36.0. The van der Waals surface area contributed by atoms with Crippen LogP contribution in [0.1, 0.15) is 32.1 Å². The molecule has 1 saturated carbocycles. The van der Waals surface area contributed by atoms with Gasteiger partial charge in [-0.2, -0.15) is 0 Å². The number of aliphatic hydroxyl groups is 1. The fourth-order valence-electron chi connectivity index (χ4n) is 3.26. The maximum atomic E-state index is 13.1. The molecule has 2 heterocycles. The number of nitrogens with one attached hydrogen (secondary N) is 1. The molecule has 22 heavy (non-hydrogen) atoms. The van der Waals surface area contributed by atoms with Crippen molar-refractivity contribution in [3.05, 3.63) is 0 Å². The molecule has 2 saturated heterocycles. The molecule has 1 aliphatic carbocycles. The van der Waals surface area contributed by atoms with E-state index in [1.807, 2.05) is 4.90 Å². The predicted molar refractivity (Wildman–Crippen MR) is 75.6 cm³/mol. The average Bonchev–Trinajstić information content (AvgIpc) is 2.72. The lowest BCUT2D eigenvalue weighted by molar-refractivity contribution is -0.128. The van der Waals surface area contributed by atoms with E-state index >= 15 is 0 Å². The molecule has 0 aromatic rings. The number of aliphatic hydroxyl groups excluding tert-OH is 1. The van der Waals surface area contributed by atoms with E-state index in [4.69, 9.17) is 4.74 Å². The zero-order valence-corrected chi connectivity index (χ0v) is 12.6. The van der Waals surface area contributed by atoms with Crippen LogP contribution in [-0.2, 0) is 9.53 Å². The van der Waals surface area contributed by atoms with Gasteiger partial charge in [-0.25, -0.2) is 8.78 Å². The van der Waals surface area contributed by atoms with Crippen LogP contribution in [0.15, 0.2) is 0 Å². The third-order valence-electron chi connectivity index (χ3n) is 5.11. The van der Waals surface area contributed by atoms with Gasteiger partial charge in [0.1, 0.15) is 6.10 Å². The van der Waals surface area contributed by atoms with E-state index in [1.165, 1.54) is 0 Å². The number of hydrogen-bond donors (Lipinski definition) is 2. The standard InChI is InChI=1S/C15H24F2N2O3/c16-15(17)4-6-19(7-5-15)8-12-13(20)11(9-22-12)18-14(21)10-2-1-3-10/h10-13,20H,1-9H2,(H,18,21). The molecule has 7 heteroatoms. The number of piperidine rings is 1. The van der Waals surface area contributed by atoms with Crippen LogP contribution >= 0.6 is 0 Å². The second-order valence-electron chi connectivity index (χ2n) is 6.76. The van der Waals surface area contributed by atoms with Crippen molar-refractivity contribution in [1.29, 1.82) is 0 Å². The van der Waals surface area contributed by atoms with Crippen molar-refractivity contribution in [3.63, 3.8) is 0 Å². The van der Waals surface area contributed by atoms with Crippen LogP contribution in [0.2, 0.25) is 0 Å². The highest BCUT2D eigenvalue weighted by Gasteiger charge is 2.41. The van der Waals surface area contributed by atoms with Crippen LogP contribution in [0.25, 0.3) is 0 Å². The van der Waals surface area contributed by atoms with E-state index < -0.39 is 18.1 Å². The zero-order chi connectivity index (χ0) is 15.7. The molecule has 3 aliphatic rings. The number of ether oxygens (including phenoxy) is 1. The number of hydrogen-bond acceptors (Lipinski definition) is 4. The Morgan fingerprint density at radius 3 is 2.59 bits per heavy atom. The van der Waals surface area contributed by atoms with Gasteiger partial charge in [-0.1, -0.05) is 6.42 Å². The zero-order valence-electron chi connectivity index (χ0n) is 12.6. The van der Waals surface area contributed by atoms with Gasteiger partial charge < -0.3 is 20.1 Å². The second kappa shape index (κ2) is 6.37. The highest BCUT2D eigenvalue weighted by atomic mass is 19.3. The molecular formula is C15H24F2N2O3. The minimum absolute atomic E-state index is 0.00263. The quantitative estimate of drug-likeness (QED) is 0.803. The summed E-state index contributed by atoms with van der Waals surface area (Å²) in [6.45, 7) is 1.36. The first-order chi connectivity index (χ1) is 10.4. The first-order valence-corrected chi connectivity index (χ1v) is 8.15. The molecule has 0 aromatic carbocycles. The fourth-order valence-corrected chi connectivity index (χ4v) is 3.26. The van der Waals surface area contributed by atoms with Gasteiger partial charge in [0.25, 0.3) is 5.92 Å². The molecule has 0 aromatic heterocycles. The maximum Gasteiger partial charge on any atom is 0.250 e. The van der Waals surface area contributed by atoms with Crippen molar-refractivity contribution in [2.24, 2.45) is 5.92 Å². The Morgan fingerprint density at radius 2 is 2.00 bits per heavy atom. The van der Waals surface area contributed by atoms with Crippen molar-refractivity contribution < 1.29 is 23.4 Å². The van der Waals surface area contributed by atoms with E-state index in [-0.39, 0.29) is 37.3 Å². The number of carbonyl (C=O) groups is 1. The van der Waals surface area contributed by atoms with Crippen molar-refractivity contribution in [1.82, 2.24) is 10.2 Å². The van der Waals surface area contributed by atoms with E-state index in [2.05, 4.69) is 5.32 Å². The van der Waals surface area contributed by atoms with Crippen LogP contribution in [0, 0.1) is 5.92 Å². The Labute approximate surface area is 129 Å². The Morgan fingerprint density at radius 1 is 1.32 bits per heavy atom. The van der Waals surface area contributed by atoms with Crippen molar-refractivity contribution in [2.75, 3.05) is 26.2 Å². The number of amides is 1. The van der Waals surface area contributed by atoms with E-state index in [9.17, 15) is 18.7 Å². The van der Waals surface area contributed by atoms with Crippen LogP contribution in [0.5, 0.6) is 0 Å². The van der Waals surface area contributed by atoms with Gasteiger partial charge in [-0.3, -0.25) is 4.79 Å². The molecule has 0 spiro atoms. The molecular weight excluding hydrogens is 294 g/mol. The summed E-state index contributed by atoms with van der Waals surface area (Å²) in [5.74, 6) is -2.49. The van der Waals surface area contributed by atoms with Crippen molar-refractivity contribution in [3.8, 4) is 0 Å². The molecule has 5 nitrogen and oxygen atoms in total. The maximum absolute atomic E-state index is 13.1. The summed E-state index contributed by atoms with van der Waals surface area (Å²) in [4.78, 5) is 13.8. The molecule has 2 aliphatic heterocycles. The summed E-state index contributed by atoms with van der Waals surface area (Å²) in [6.07, 6.45) is 1.45. The lowest BCUT2D eigenvalue weighted by Gasteiger charge is -2.33. The van der Waals surface area contributed by atoms with Crippen LogP contribution < -0.4 is 5.32 Å². The van der Waals surface area contributed by atoms with Crippen LogP contribution in [-0.4, -0.2) is 66.3 Å². The summed E-state index contributed by atoms with van der Waals surface area (Å²) >= 11 is 0. The number of alkyl halides is 2. The molecule has 3 atom stereocenters. The highest BCUT2D eigenvalue weighted by Crippen LogP contribution is 2.29. The van der Waals surface area contributed by atoms with E-state index in [0.29, 0.717) is 19.6 Å². The van der Waals surface area contributed by atoms with Gasteiger partial charge in [0.15, 0.2) is 0 Å². The summed E-state index contributed by atoms with van der Waals surface area (Å²) < 4.78 is 31.8. The molecule has 126 valence electrons. The largest absolute Gasteiger partial charge is 0.388 e. The van der Waals surface area contributed by atoms with Gasteiger partial charge in [-0.05, 0) is 12.8 Å². The van der Waals surface area contributed by atoms with Gasteiger partial charge in [0, 0.05) is 38.4 Å². The van der Waals surface area contributed by atoms with Crippen LogP contribution in [0.4, 0.5) is 8.78 Å². The number of likely N-dealkylation sites (tertiary alicyclic amines) is 1. The molecule has 0 bridgehead atoms.